The van der Waals surface area contributed by atoms with E-state index in [-0.39, 0.29) is 11.4 Å². The molecular formula is C21H29N3O2. The molecule has 1 heterocycles. The van der Waals surface area contributed by atoms with Gasteiger partial charge in [-0.05, 0) is 56.0 Å². The minimum atomic E-state index is -0.355. The van der Waals surface area contributed by atoms with Crippen molar-refractivity contribution in [3.05, 3.63) is 58.9 Å². The summed E-state index contributed by atoms with van der Waals surface area (Å²) in [6.07, 6.45) is 5.17. The van der Waals surface area contributed by atoms with Crippen LogP contribution in [0.2, 0.25) is 0 Å². The van der Waals surface area contributed by atoms with E-state index in [2.05, 4.69) is 10.3 Å². The Morgan fingerprint density at radius 2 is 1.88 bits per heavy atom. The molecule has 5 heteroatoms. The minimum absolute atomic E-state index is 0.105. The highest BCUT2D eigenvalue weighted by molar-refractivity contribution is 5.95. The maximum Gasteiger partial charge on any atom is 0.251 e. The molecule has 1 aromatic carbocycles. The summed E-state index contributed by atoms with van der Waals surface area (Å²) in [6, 6.07) is 7.57. The third-order valence-corrected chi connectivity index (χ3v) is 4.84. The van der Waals surface area contributed by atoms with Gasteiger partial charge in [0, 0.05) is 35.6 Å². The van der Waals surface area contributed by atoms with Crippen LogP contribution in [0.25, 0.3) is 0 Å². The number of nitrogens with one attached hydrogen (secondary N) is 1. The topological polar surface area (TPSA) is 77.2 Å². The Bertz CT molecular complexity index is 717. The third kappa shape index (κ3) is 5.05. The van der Waals surface area contributed by atoms with E-state index < -0.39 is 0 Å². The second-order valence-corrected chi connectivity index (χ2v) is 6.84. The summed E-state index contributed by atoms with van der Waals surface area (Å²) in [6.45, 7) is 8.90. The van der Waals surface area contributed by atoms with Crippen molar-refractivity contribution in [2.75, 3.05) is 6.54 Å². The molecule has 0 bridgehead atoms. The molecule has 2 rings (SSSR count). The first-order valence-corrected chi connectivity index (χ1v) is 9.08. The first-order chi connectivity index (χ1) is 12.4. The molecule has 0 saturated heterocycles. The molecule has 26 heavy (non-hydrogen) atoms. The summed E-state index contributed by atoms with van der Waals surface area (Å²) in [5, 5.41) is 2.96. The number of amides is 1. The minimum Gasteiger partial charge on any atom is -0.488 e. The molecule has 5 nitrogen and oxygen atoms in total. The zero-order valence-corrected chi connectivity index (χ0v) is 16.1. The summed E-state index contributed by atoms with van der Waals surface area (Å²) < 4.78 is 5.95. The van der Waals surface area contributed by atoms with Gasteiger partial charge in [0.15, 0.2) is 0 Å². The molecule has 0 saturated carbocycles. The first-order valence-electron chi connectivity index (χ1n) is 9.08. The van der Waals surface area contributed by atoms with E-state index in [1.807, 2.05) is 52.0 Å². The van der Waals surface area contributed by atoms with Crippen molar-refractivity contribution >= 4 is 5.91 Å². The number of carbonyl (C=O) groups is 1. The van der Waals surface area contributed by atoms with E-state index in [4.69, 9.17) is 10.5 Å². The van der Waals surface area contributed by atoms with Gasteiger partial charge in [0.2, 0.25) is 0 Å². The Labute approximate surface area is 156 Å². The smallest absolute Gasteiger partial charge is 0.251 e. The summed E-state index contributed by atoms with van der Waals surface area (Å²) >= 11 is 0. The zero-order valence-electron chi connectivity index (χ0n) is 16.1. The number of ether oxygens (including phenoxy) is 1. The molecule has 2 aromatic rings. The average molecular weight is 355 g/mol. The van der Waals surface area contributed by atoms with Gasteiger partial charge in [0.05, 0.1) is 0 Å². The Balaban J connectivity index is 2.07. The summed E-state index contributed by atoms with van der Waals surface area (Å²) in [4.78, 5) is 16.6. The largest absolute Gasteiger partial charge is 0.488 e. The summed E-state index contributed by atoms with van der Waals surface area (Å²) in [5.74, 6) is 0.701. The molecule has 140 valence electrons. The SMILES string of the molecule is CCC(N)(CC)CNC(=O)c1cc(C)c(OCc2cccnc2)c(C)c1. The quantitative estimate of drug-likeness (QED) is 0.759. The Hall–Kier alpha value is -2.40. The molecule has 0 fully saturated rings. The van der Waals surface area contributed by atoms with E-state index in [9.17, 15) is 4.79 Å². The molecule has 0 aliphatic carbocycles. The van der Waals surface area contributed by atoms with Crippen molar-refractivity contribution in [3.8, 4) is 5.75 Å². The first kappa shape index (κ1) is 19.9. The second kappa shape index (κ2) is 8.81. The predicted octanol–water partition coefficient (Wildman–Crippen LogP) is 3.52. The molecular weight excluding hydrogens is 326 g/mol. The van der Waals surface area contributed by atoms with Gasteiger partial charge in [-0.1, -0.05) is 19.9 Å². The van der Waals surface area contributed by atoms with Crippen LogP contribution in [0.3, 0.4) is 0 Å². The van der Waals surface area contributed by atoms with Crippen molar-refractivity contribution < 1.29 is 9.53 Å². The summed E-state index contributed by atoms with van der Waals surface area (Å²) in [5.41, 5.74) is 9.41. The molecule has 0 unspecified atom stereocenters. The van der Waals surface area contributed by atoms with Gasteiger partial charge in [0.1, 0.15) is 12.4 Å². The zero-order chi connectivity index (χ0) is 19.2. The van der Waals surface area contributed by atoms with Crippen LogP contribution < -0.4 is 15.8 Å². The Kier molecular flexibility index (Phi) is 6.75. The lowest BCUT2D eigenvalue weighted by atomic mass is 9.94. The summed E-state index contributed by atoms with van der Waals surface area (Å²) in [7, 11) is 0. The second-order valence-electron chi connectivity index (χ2n) is 6.84. The molecule has 0 aliphatic heterocycles. The number of pyridine rings is 1. The van der Waals surface area contributed by atoms with Crippen LogP contribution in [-0.4, -0.2) is 23.0 Å². The lowest BCUT2D eigenvalue weighted by Gasteiger charge is -2.26. The fourth-order valence-electron chi connectivity index (χ4n) is 2.81. The number of hydrogen-bond donors (Lipinski definition) is 2. The number of aromatic nitrogens is 1. The Morgan fingerprint density at radius 1 is 1.23 bits per heavy atom. The van der Waals surface area contributed by atoms with E-state index in [0.29, 0.717) is 18.7 Å². The number of hydrogen-bond acceptors (Lipinski definition) is 4. The van der Waals surface area contributed by atoms with Crippen molar-refractivity contribution in [2.45, 2.75) is 52.7 Å². The predicted molar refractivity (Wildman–Crippen MR) is 104 cm³/mol. The van der Waals surface area contributed by atoms with E-state index in [0.717, 1.165) is 35.3 Å². The number of rotatable bonds is 8. The highest BCUT2D eigenvalue weighted by Gasteiger charge is 2.21. The molecule has 0 spiro atoms. The van der Waals surface area contributed by atoms with Crippen molar-refractivity contribution in [1.29, 1.82) is 0 Å². The number of nitrogens with zero attached hydrogens (tertiary/aromatic N) is 1. The van der Waals surface area contributed by atoms with E-state index in [1.54, 1.807) is 12.4 Å². The molecule has 1 aromatic heterocycles. The van der Waals surface area contributed by atoms with E-state index >= 15 is 0 Å². The van der Waals surface area contributed by atoms with Crippen LogP contribution in [0.1, 0.15) is 53.7 Å². The standard InChI is InChI=1S/C21H29N3O2/c1-5-21(22,6-2)14-24-20(25)18-10-15(3)19(16(4)11-18)26-13-17-8-7-9-23-12-17/h7-12H,5-6,13-14,22H2,1-4H3,(H,24,25). The molecule has 1 amide bonds. The average Bonchev–Trinajstić information content (AvgIpc) is 2.65. The van der Waals surface area contributed by atoms with Crippen molar-refractivity contribution in [3.63, 3.8) is 0 Å². The van der Waals surface area contributed by atoms with Gasteiger partial charge in [-0.3, -0.25) is 9.78 Å². The number of aryl methyl sites for hydroxylation is 2. The lowest BCUT2D eigenvalue weighted by molar-refractivity contribution is 0.0942. The highest BCUT2D eigenvalue weighted by atomic mass is 16.5. The van der Waals surface area contributed by atoms with Crippen LogP contribution >= 0.6 is 0 Å². The van der Waals surface area contributed by atoms with Crippen LogP contribution in [0, 0.1) is 13.8 Å². The van der Waals surface area contributed by atoms with Crippen LogP contribution in [0.4, 0.5) is 0 Å². The fourth-order valence-corrected chi connectivity index (χ4v) is 2.81. The van der Waals surface area contributed by atoms with Crippen molar-refractivity contribution in [2.24, 2.45) is 5.73 Å². The van der Waals surface area contributed by atoms with Gasteiger partial charge in [-0.15, -0.1) is 0 Å². The third-order valence-electron chi connectivity index (χ3n) is 4.84. The molecule has 0 radical (unpaired) electrons. The Morgan fingerprint density at radius 3 is 2.42 bits per heavy atom. The molecule has 0 aliphatic rings. The van der Waals surface area contributed by atoms with Crippen LogP contribution in [0.15, 0.2) is 36.7 Å². The van der Waals surface area contributed by atoms with Crippen molar-refractivity contribution in [1.82, 2.24) is 10.3 Å². The highest BCUT2D eigenvalue weighted by Crippen LogP contribution is 2.26. The normalized spacial score (nSPS) is 11.3. The van der Waals surface area contributed by atoms with Gasteiger partial charge >= 0.3 is 0 Å². The number of carbonyl (C=O) groups excluding carboxylic acids is 1. The monoisotopic (exact) mass is 355 g/mol. The van der Waals surface area contributed by atoms with Crippen LogP contribution in [0.5, 0.6) is 5.75 Å². The number of nitrogens with two attached hydrogens (primary N) is 1. The number of benzene rings is 1. The fraction of sp³-hybridized carbons (Fsp3) is 0.429. The maximum atomic E-state index is 12.5. The maximum absolute atomic E-state index is 12.5. The van der Waals surface area contributed by atoms with Gasteiger partial charge < -0.3 is 15.8 Å². The lowest BCUT2D eigenvalue weighted by Crippen LogP contribution is -2.49. The molecule has 0 atom stereocenters. The van der Waals surface area contributed by atoms with E-state index in [1.165, 1.54) is 0 Å². The van der Waals surface area contributed by atoms with Crippen LogP contribution in [-0.2, 0) is 6.61 Å². The van der Waals surface area contributed by atoms with Gasteiger partial charge in [-0.2, -0.15) is 0 Å². The molecule has 3 N–H and O–H groups in total. The van der Waals surface area contributed by atoms with Gasteiger partial charge in [0.25, 0.3) is 5.91 Å². The van der Waals surface area contributed by atoms with Gasteiger partial charge in [-0.25, -0.2) is 0 Å².